The average Bonchev–Trinajstić information content (AvgIpc) is 3.22. The number of hydrogen-bond donors (Lipinski definition) is 1. The second kappa shape index (κ2) is 5.83. The molecule has 1 atom stereocenters. The van der Waals surface area contributed by atoms with Crippen molar-refractivity contribution >= 4 is 21.7 Å². The Morgan fingerprint density at radius 3 is 2.77 bits per heavy atom. The van der Waals surface area contributed by atoms with Gasteiger partial charge in [-0.3, -0.25) is 4.79 Å². The monoisotopic (exact) mass is 324 g/mol. The molecule has 0 spiro atoms. The Hall–Kier alpha value is -1.70. The van der Waals surface area contributed by atoms with Crippen LogP contribution in [0.3, 0.4) is 0 Å². The molecule has 1 saturated carbocycles. The first kappa shape index (κ1) is 15.2. The highest BCUT2D eigenvalue weighted by molar-refractivity contribution is 7.91. The van der Waals surface area contributed by atoms with Crippen LogP contribution in [0.2, 0.25) is 0 Å². The van der Waals surface area contributed by atoms with Gasteiger partial charge in [0.1, 0.15) is 5.69 Å². The van der Waals surface area contributed by atoms with Crippen molar-refractivity contribution in [1.29, 1.82) is 0 Å². The number of carbonyl (C=O) groups excluding carboxylic acids is 1. The average molecular weight is 324 g/mol. The number of rotatable bonds is 5. The lowest BCUT2D eigenvalue weighted by atomic mass is 10.2. The fourth-order valence-corrected chi connectivity index (χ4v) is 4.42. The number of aromatic nitrogens is 2. The van der Waals surface area contributed by atoms with Gasteiger partial charge in [-0.05, 0) is 32.3 Å². The van der Waals surface area contributed by atoms with Crippen molar-refractivity contribution in [2.24, 2.45) is 0 Å². The molecule has 1 aliphatic heterocycles. The van der Waals surface area contributed by atoms with Gasteiger partial charge in [0.2, 0.25) is 5.95 Å². The molecule has 1 amide bonds. The SMILES string of the molecule is CCN(c1nccc(C(=O)NC2CC2)n1)C1CCS(=O)(=O)C1. The number of nitrogens with zero attached hydrogens (tertiary/aromatic N) is 3. The van der Waals surface area contributed by atoms with Crippen LogP contribution in [-0.2, 0) is 9.84 Å². The predicted octanol–water partition coefficient (Wildman–Crippen LogP) is 0.382. The maximum Gasteiger partial charge on any atom is 0.270 e. The van der Waals surface area contributed by atoms with Gasteiger partial charge in [-0.2, -0.15) is 0 Å². The summed E-state index contributed by atoms with van der Waals surface area (Å²) in [6.45, 7) is 2.54. The van der Waals surface area contributed by atoms with E-state index in [1.165, 1.54) is 0 Å². The summed E-state index contributed by atoms with van der Waals surface area (Å²) in [6.07, 6.45) is 4.17. The fraction of sp³-hybridized carbons (Fsp3) is 0.643. The third-order valence-corrected chi connectivity index (χ3v) is 5.79. The van der Waals surface area contributed by atoms with Crippen LogP contribution in [0.15, 0.2) is 12.3 Å². The van der Waals surface area contributed by atoms with Crippen LogP contribution in [0.1, 0.15) is 36.7 Å². The Balaban J connectivity index is 1.78. The van der Waals surface area contributed by atoms with Crippen LogP contribution < -0.4 is 10.2 Å². The largest absolute Gasteiger partial charge is 0.348 e. The van der Waals surface area contributed by atoms with Crippen molar-refractivity contribution in [3.8, 4) is 0 Å². The summed E-state index contributed by atoms with van der Waals surface area (Å²) >= 11 is 0. The summed E-state index contributed by atoms with van der Waals surface area (Å²) in [5.74, 6) is 0.563. The van der Waals surface area contributed by atoms with Gasteiger partial charge in [0.25, 0.3) is 5.91 Å². The van der Waals surface area contributed by atoms with E-state index in [2.05, 4.69) is 15.3 Å². The van der Waals surface area contributed by atoms with Crippen LogP contribution >= 0.6 is 0 Å². The van der Waals surface area contributed by atoms with E-state index in [9.17, 15) is 13.2 Å². The summed E-state index contributed by atoms with van der Waals surface area (Å²) in [7, 11) is -2.97. The van der Waals surface area contributed by atoms with Gasteiger partial charge in [0, 0.05) is 24.8 Å². The number of amides is 1. The highest BCUT2D eigenvalue weighted by atomic mass is 32.2. The summed E-state index contributed by atoms with van der Waals surface area (Å²) in [5, 5.41) is 2.89. The van der Waals surface area contributed by atoms with Crippen molar-refractivity contribution < 1.29 is 13.2 Å². The van der Waals surface area contributed by atoms with Crippen LogP contribution in [-0.4, -0.2) is 54.4 Å². The van der Waals surface area contributed by atoms with Crippen molar-refractivity contribution in [2.75, 3.05) is 23.0 Å². The summed E-state index contributed by atoms with van der Waals surface area (Å²) < 4.78 is 23.3. The third-order valence-electron chi connectivity index (χ3n) is 4.03. The highest BCUT2D eigenvalue weighted by Crippen LogP contribution is 2.22. The van der Waals surface area contributed by atoms with Crippen LogP contribution in [0.5, 0.6) is 0 Å². The molecule has 1 saturated heterocycles. The Labute approximate surface area is 130 Å². The number of hydrogen-bond acceptors (Lipinski definition) is 6. The van der Waals surface area contributed by atoms with Gasteiger partial charge in [-0.25, -0.2) is 18.4 Å². The van der Waals surface area contributed by atoms with Crippen molar-refractivity contribution in [3.63, 3.8) is 0 Å². The predicted molar refractivity (Wildman–Crippen MR) is 82.6 cm³/mol. The molecular formula is C14H20N4O3S. The second-order valence-corrected chi connectivity index (χ2v) is 8.06. The van der Waals surface area contributed by atoms with E-state index in [-0.39, 0.29) is 29.5 Å². The van der Waals surface area contributed by atoms with Gasteiger partial charge < -0.3 is 10.2 Å². The zero-order chi connectivity index (χ0) is 15.7. The molecule has 1 aliphatic carbocycles. The number of sulfone groups is 1. The first-order chi connectivity index (χ1) is 10.5. The number of nitrogens with one attached hydrogen (secondary N) is 1. The molecule has 0 aromatic carbocycles. The van der Waals surface area contributed by atoms with Gasteiger partial charge >= 0.3 is 0 Å². The molecule has 7 nitrogen and oxygen atoms in total. The molecule has 120 valence electrons. The minimum absolute atomic E-state index is 0.114. The molecule has 1 N–H and O–H groups in total. The van der Waals surface area contributed by atoms with Gasteiger partial charge in [0.15, 0.2) is 9.84 Å². The number of anilines is 1. The molecule has 2 fully saturated rings. The molecule has 3 rings (SSSR count). The van der Waals surface area contributed by atoms with E-state index in [0.29, 0.717) is 24.6 Å². The van der Waals surface area contributed by atoms with Crippen LogP contribution in [0.4, 0.5) is 5.95 Å². The van der Waals surface area contributed by atoms with Crippen molar-refractivity contribution in [1.82, 2.24) is 15.3 Å². The maximum absolute atomic E-state index is 12.1. The normalized spacial score (nSPS) is 23.2. The Morgan fingerprint density at radius 1 is 1.41 bits per heavy atom. The lowest BCUT2D eigenvalue weighted by Crippen LogP contribution is -2.38. The van der Waals surface area contributed by atoms with E-state index >= 15 is 0 Å². The lowest BCUT2D eigenvalue weighted by molar-refractivity contribution is 0.0946. The molecule has 0 bridgehead atoms. The first-order valence-electron chi connectivity index (χ1n) is 7.59. The fourth-order valence-electron chi connectivity index (χ4n) is 2.68. The molecule has 8 heteroatoms. The molecule has 1 aromatic heterocycles. The van der Waals surface area contributed by atoms with Crippen LogP contribution in [0.25, 0.3) is 0 Å². The van der Waals surface area contributed by atoms with E-state index in [0.717, 1.165) is 12.8 Å². The van der Waals surface area contributed by atoms with E-state index in [1.807, 2.05) is 11.8 Å². The van der Waals surface area contributed by atoms with E-state index < -0.39 is 9.84 Å². The minimum atomic E-state index is -2.97. The Kier molecular flexibility index (Phi) is 4.03. The summed E-state index contributed by atoms with van der Waals surface area (Å²) in [5.41, 5.74) is 0.330. The second-order valence-electron chi connectivity index (χ2n) is 5.83. The Bertz CT molecular complexity index is 672. The quantitative estimate of drug-likeness (QED) is 0.842. The molecular weight excluding hydrogens is 304 g/mol. The minimum Gasteiger partial charge on any atom is -0.348 e. The standard InChI is InChI=1S/C14H20N4O3S/c1-2-18(11-6-8-22(20,21)9-11)14-15-7-5-12(17-14)13(19)16-10-3-4-10/h5,7,10-11H,2-4,6,8-9H2,1H3,(H,16,19). The van der Waals surface area contributed by atoms with Gasteiger partial charge in [0.05, 0.1) is 11.5 Å². The maximum atomic E-state index is 12.1. The number of carbonyl (C=O) groups is 1. The lowest BCUT2D eigenvalue weighted by Gasteiger charge is -2.26. The molecule has 0 radical (unpaired) electrons. The third kappa shape index (κ3) is 3.37. The molecule has 22 heavy (non-hydrogen) atoms. The topological polar surface area (TPSA) is 92.3 Å². The summed E-state index contributed by atoms with van der Waals surface area (Å²) in [4.78, 5) is 22.5. The molecule has 1 aromatic rings. The zero-order valence-electron chi connectivity index (χ0n) is 12.5. The molecule has 1 unspecified atom stereocenters. The highest BCUT2D eigenvalue weighted by Gasteiger charge is 2.33. The molecule has 2 heterocycles. The van der Waals surface area contributed by atoms with Gasteiger partial charge in [-0.15, -0.1) is 0 Å². The smallest absolute Gasteiger partial charge is 0.270 e. The van der Waals surface area contributed by atoms with Crippen LogP contribution in [0, 0.1) is 0 Å². The Morgan fingerprint density at radius 2 is 2.18 bits per heavy atom. The van der Waals surface area contributed by atoms with E-state index in [4.69, 9.17) is 0 Å². The first-order valence-corrected chi connectivity index (χ1v) is 9.41. The molecule has 2 aliphatic rings. The van der Waals surface area contributed by atoms with E-state index in [1.54, 1.807) is 12.3 Å². The zero-order valence-corrected chi connectivity index (χ0v) is 13.3. The van der Waals surface area contributed by atoms with Gasteiger partial charge in [-0.1, -0.05) is 0 Å². The summed E-state index contributed by atoms with van der Waals surface area (Å²) in [6, 6.07) is 1.74. The van der Waals surface area contributed by atoms with Crippen molar-refractivity contribution in [3.05, 3.63) is 18.0 Å². The van der Waals surface area contributed by atoms with Crippen molar-refractivity contribution in [2.45, 2.75) is 38.3 Å².